The molecule has 1 saturated heterocycles. The molecule has 8 nitrogen and oxygen atoms in total. The summed E-state index contributed by atoms with van der Waals surface area (Å²) < 4.78 is 0. The first-order valence-electron chi connectivity index (χ1n) is 9.98. The van der Waals surface area contributed by atoms with Crippen LogP contribution in [0.1, 0.15) is 42.1 Å². The number of carboxylic acid groups (broad SMARTS) is 1. The minimum Gasteiger partial charge on any atom is -0.481 e. The van der Waals surface area contributed by atoms with Crippen molar-refractivity contribution in [1.82, 2.24) is 10.2 Å². The van der Waals surface area contributed by atoms with Gasteiger partial charge in [0.05, 0.1) is 12.3 Å². The number of hydrogen-bond donors (Lipinski definition) is 4. The minimum atomic E-state index is -0.979. The van der Waals surface area contributed by atoms with Crippen LogP contribution in [0, 0.1) is 11.3 Å². The summed E-state index contributed by atoms with van der Waals surface area (Å²) in [5.74, 6) is -1.80. The summed E-state index contributed by atoms with van der Waals surface area (Å²) in [5.41, 5.74) is 6.74. The molecule has 0 spiro atoms. The first-order chi connectivity index (χ1) is 14.3. The van der Waals surface area contributed by atoms with Gasteiger partial charge in [-0.2, -0.15) is 0 Å². The second kappa shape index (κ2) is 8.94. The van der Waals surface area contributed by atoms with Crippen molar-refractivity contribution in [1.29, 1.82) is 5.41 Å². The van der Waals surface area contributed by atoms with Gasteiger partial charge in [0, 0.05) is 30.3 Å². The SMILES string of the molecule is CCN(CC[C@@H]1C[C@@H](CC(=O)O)C(=O)N1)C(=O)c1ccc2cc(C(=N)N)ccc2c1. The molecule has 2 amide bonds. The second-order valence-corrected chi connectivity index (χ2v) is 7.60. The van der Waals surface area contributed by atoms with E-state index in [1.165, 1.54) is 0 Å². The summed E-state index contributed by atoms with van der Waals surface area (Å²) in [5, 5.41) is 21.1. The number of nitrogen functional groups attached to an aromatic ring is 1. The molecule has 0 aromatic heterocycles. The Morgan fingerprint density at radius 3 is 2.43 bits per heavy atom. The van der Waals surface area contributed by atoms with Gasteiger partial charge in [0.1, 0.15) is 5.84 Å². The van der Waals surface area contributed by atoms with E-state index >= 15 is 0 Å². The van der Waals surface area contributed by atoms with Gasteiger partial charge >= 0.3 is 5.97 Å². The standard InChI is InChI=1S/C22H26N4O4/c1-2-26(8-7-18-11-17(12-19(27)28)21(29)25-18)22(30)16-6-4-13-9-15(20(23)24)5-3-14(13)10-16/h3-6,9-10,17-18H,2,7-8,11-12H2,1H3,(H3,23,24)(H,25,29)(H,27,28)/t17-,18+/m0/s1. The van der Waals surface area contributed by atoms with Gasteiger partial charge in [-0.15, -0.1) is 0 Å². The van der Waals surface area contributed by atoms with Crippen molar-refractivity contribution in [3.8, 4) is 0 Å². The van der Waals surface area contributed by atoms with E-state index in [0.717, 1.165) is 10.8 Å². The van der Waals surface area contributed by atoms with Gasteiger partial charge < -0.3 is 21.1 Å². The molecule has 1 fully saturated rings. The zero-order chi connectivity index (χ0) is 21.8. The maximum absolute atomic E-state index is 13.0. The number of fused-ring (bicyclic) bond motifs is 1. The number of nitrogens with two attached hydrogens (primary N) is 1. The van der Waals surface area contributed by atoms with Gasteiger partial charge in [-0.1, -0.05) is 18.2 Å². The van der Waals surface area contributed by atoms with Crippen molar-refractivity contribution < 1.29 is 19.5 Å². The van der Waals surface area contributed by atoms with Crippen LogP contribution in [0.5, 0.6) is 0 Å². The van der Waals surface area contributed by atoms with E-state index in [4.69, 9.17) is 16.2 Å². The van der Waals surface area contributed by atoms with E-state index in [1.54, 1.807) is 17.0 Å². The van der Waals surface area contributed by atoms with Crippen LogP contribution < -0.4 is 11.1 Å². The van der Waals surface area contributed by atoms with E-state index < -0.39 is 11.9 Å². The third-order valence-electron chi connectivity index (χ3n) is 5.52. The zero-order valence-corrected chi connectivity index (χ0v) is 16.9. The fourth-order valence-electron chi connectivity index (χ4n) is 3.85. The van der Waals surface area contributed by atoms with Crippen molar-refractivity contribution in [3.05, 3.63) is 47.5 Å². The third kappa shape index (κ3) is 4.76. The molecule has 2 atom stereocenters. The lowest BCUT2D eigenvalue weighted by atomic mass is 9.99. The number of hydrogen-bond acceptors (Lipinski definition) is 4. The Morgan fingerprint density at radius 1 is 1.20 bits per heavy atom. The molecule has 0 aliphatic carbocycles. The Balaban J connectivity index is 1.66. The second-order valence-electron chi connectivity index (χ2n) is 7.60. The topological polar surface area (TPSA) is 137 Å². The molecule has 0 radical (unpaired) electrons. The Kier molecular flexibility index (Phi) is 6.34. The first-order valence-corrected chi connectivity index (χ1v) is 9.98. The van der Waals surface area contributed by atoms with Crippen molar-refractivity contribution in [3.63, 3.8) is 0 Å². The predicted octanol–water partition coefficient (Wildman–Crippen LogP) is 1.96. The number of carbonyl (C=O) groups excluding carboxylic acids is 2. The fraction of sp³-hybridized carbons (Fsp3) is 0.364. The summed E-state index contributed by atoms with van der Waals surface area (Å²) >= 11 is 0. The smallest absolute Gasteiger partial charge is 0.304 e. The molecule has 1 heterocycles. The molecule has 30 heavy (non-hydrogen) atoms. The highest BCUT2D eigenvalue weighted by Crippen LogP contribution is 2.22. The minimum absolute atomic E-state index is 0.00110. The average molecular weight is 410 g/mol. The lowest BCUT2D eigenvalue weighted by Crippen LogP contribution is -2.36. The largest absolute Gasteiger partial charge is 0.481 e. The molecule has 3 rings (SSSR count). The number of aliphatic carboxylic acids is 1. The number of carboxylic acids is 1. The van der Waals surface area contributed by atoms with Crippen LogP contribution in [-0.2, 0) is 9.59 Å². The number of amides is 2. The van der Waals surface area contributed by atoms with Crippen molar-refractivity contribution in [2.24, 2.45) is 11.7 Å². The quantitative estimate of drug-likeness (QED) is 0.389. The highest BCUT2D eigenvalue weighted by atomic mass is 16.4. The van der Waals surface area contributed by atoms with Crippen LogP contribution in [-0.4, -0.2) is 52.8 Å². The van der Waals surface area contributed by atoms with Crippen LogP contribution >= 0.6 is 0 Å². The number of carbonyl (C=O) groups is 3. The molecular formula is C22H26N4O4. The number of benzene rings is 2. The lowest BCUT2D eigenvalue weighted by Gasteiger charge is -2.23. The van der Waals surface area contributed by atoms with Gasteiger partial charge in [0.25, 0.3) is 5.91 Å². The first kappa shape index (κ1) is 21.3. The number of nitrogens with zero attached hydrogens (tertiary/aromatic N) is 1. The normalized spacial score (nSPS) is 18.2. The molecule has 2 aromatic rings. The van der Waals surface area contributed by atoms with Crippen LogP contribution in [0.3, 0.4) is 0 Å². The molecule has 0 bridgehead atoms. The molecule has 1 aliphatic heterocycles. The Bertz CT molecular complexity index is 1000. The highest BCUT2D eigenvalue weighted by molar-refractivity contribution is 6.02. The summed E-state index contributed by atoms with van der Waals surface area (Å²) in [6.45, 7) is 2.90. The predicted molar refractivity (Wildman–Crippen MR) is 113 cm³/mol. The molecule has 1 aliphatic rings. The maximum atomic E-state index is 13.0. The summed E-state index contributed by atoms with van der Waals surface area (Å²) in [6, 6.07) is 10.7. The lowest BCUT2D eigenvalue weighted by molar-refractivity contribution is -0.140. The van der Waals surface area contributed by atoms with Crippen LogP contribution in [0.4, 0.5) is 0 Å². The van der Waals surface area contributed by atoms with Gasteiger partial charge in [-0.25, -0.2) is 0 Å². The molecule has 0 saturated carbocycles. The van der Waals surface area contributed by atoms with Crippen LogP contribution in [0.15, 0.2) is 36.4 Å². The number of amidine groups is 1. The van der Waals surface area contributed by atoms with Gasteiger partial charge in [0.2, 0.25) is 5.91 Å². The summed E-state index contributed by atoms with van der Waals surface area (Å²) in [7, 11) is 0. The third-order valence-corrected chi connectivity index (χ3v) is 5.52. The highest BCUT2D eigenvalue weighted by Gasteiger charge is 2.33. The monoisotopic (exact) mass is 410 g/mol. The Hall–Kier alpha value is -3.42. The number of rotatable bonds is 8. The Labute approximate surface area is 174 Å². The Morgan fingerprint density at radius 2 is 1.83 bits per heavy atom. The fourth-order valence-corrected chi connectivity index (χ4v) is 3.85. The summed E-state index contributed by atoms with van der Waals surface area (Å²) in [6.07, 6.45) is 0.892. The van der Waals surface area contributed by atoms with Gasteiger partial charge in [-0.05, 0) is 48.7 Å². The molecule has 158 valence electrons. The van der Waals surface area contributed by atoms with Gasteiger partial charge in [0.15, 0.2) is 0 Å². The molecule has 8 heteroatoms. The molecule has 2 aromatic carbocycles. The molecule has 5 N–H and O–H groups in total. The van der Waals surface area contributed by atoms with E-state index in [0.29, 0.717) is 37.1 Å². The summed E-state index contributed by atoms with van der Waals surface area (Å²) in [4.78, 5) is 37.5. The van der Waals surface area contributed by atoms with E-state index in [1.807, 2.05) is 31.2 Å². The van der Waals surface area contributed by atoms with Crippen molar-refractivity contribution in [2.45, 2.75) is 32.2 Å². The van der Waals surface area contributed by atoms with Gasteiger partial charge in [-0.3, -0.25) is 19.8 Å². The van der Waals surface area contributed by atoms with E-state index in [2.05, 4.69) is 5.32 Å². The van der Waals surface area contributed by atoms with Crippen molar-refractivity contribution in [2.75, 3.05) is 13.1 Å². The number of nitrogens with one attached hydrogen (secondary N) is 2. The van der Waals surface area contributed by atoms with E-state index in [-0.39, 0.29) is 30.1 Å². The van der Waals surface area contributed by atoms with Crippen molar-refractivity contribution >= 4 is 34.4 Å². The zero-order valence-electron chi connectivity index (χ0n) is 16.9. The van der Waals surface area contributed by atoms with Crippen LogP contribution in [0.25, 0.3) is 10.8 Å². The maximum Gasteiger partial charge on any atom is 0.304 e. The average Bonchev–Trinajstić information content (AvgIpc) is 3.05. The molecular weight excluding hydrogens is 384 g/mol. The van der Waals surface area contributed by atoms with E-state index in [9.17, 15) is 14.4 Å². The molecule has 0 unspecified atom stereocenters. The van der Waals surface area contributed by atoms with Crippen LogP contribution in [0.2, 0.25) is 0 Å².